The Morgan fingerprint density at radius 1 is 1.30 bits per heavy atom. The van der Waals surface area contributed by atoms with Gasteiger partial charge in [0.05, 0.1) is 6.10 Å². The molecule has 2 rings (SSSR count). The Labute approximate surface area is 121 Å². The zero-order chi connectivity index (χ0) is 14.4. The first-order chi connectivity index (χ1) is 9.71. The third-order valence-electron chi connectivity index (χ3n) is 3.44. The van der Waals surface area contributed by atoms with Crippen molar-refractivity contribution in [3.05, 3.63) is 11.9 Å². The van der Waals surface area contributed by atoms with Crippen molar-refractivity contribution in [1.29, 1.82) is 0 Å². The van der Waals surface area contributed by atoms with Gasteiger partial charge in [-0.25, -0.2) is 9.97 Å². The van der Waals surface area contributed by atoms with Gasteiger partial charge in [0.15, 0.2) is 0 Å². The van der Waals surface area contributed by atoms with E-state index in [1.165, 1.54) is 0 Å². The average Bonchev–Trinajstić information content (AvgIpc) is 2.39. The summed E-state index contributed by atoms with van der Waals surface area (Å²) >= 11 is 0. The van der Waals surface area contributed by atoms with Gasteiger partial charge in [-0.05, 0) is 33.1 Å². The van der Waals surface area contributed by atoms with Crippen LogP contribution in [-0.2, 0) is 11.2 Å². The molecule has 0 aromatic carbocycles. The highest BCUT2D eigenvalue weighted by molar-refractivity contribution is 5.48. The van der Waals surface area contributed by atoms with Gasteiger partial charge in [0.25, 0.3) is 0 Å². The number of nitrogens with zero attached hydrogens (tertiary/aromatic N) is 2. The first-order valence-corrected chi connectivity index (χ1v) is 7.71. The fraction of sp³-hybridized carbons (Fsp3) is 0.733. The first-order valence-electron chi connectivity index (χ1n) is 7.71. The van der Waals surface area contributed by atoms with E-state index in [2.05, 4.69) is 41.4 Å². The number of aryl methyl sites for hydroxylation is 1. The maximum atomic E-state index is 5.59. The second-order valence-electron chi connectivity index (χ2n) is 5.38. The molecule has 1 aromatic rings. The van der Waals surface area contributed by atoms with Crippen LogP contribution in [0.3, 0.4) is 0 Å². The number of hydrogen-bond donors (Lipinski definition) is 2. The van der Waals surface area contributed by atoms with Crippen molar-refractivity contribution in [2.45, 2.75) is 58.6 Å². The van der Waals surface area contributed by atoms with Crippen LogP contribution in [0.2, 0.25) is 0 Å². The minimum absolute atomic E-state index is 0.325. The molecule has 1 aliphatic heterocycles. The third kappa shape index (κ3) is 4.34. The molecule has 2 unspecified atom stereocenters. The molecule has 0 spiro atoms. The Balaban J connectivity index is 2.08. The van der Waals surface area contributed by atoms with Crippen LogP contribution >= 0.6 is 0 Å². The molecule has 1 fully saturated rings. The summed E-state index contributed by atoms with van der Waals surface area (Å²) < 4.78 is 5.59. The Hall–Kier alpha value is -1.36. The standard InChI is InChI=1S/C15H26N4O/c1-4-6-13-18-14(16-5-2)10-15(19-13)17-12-7-8-20-11(3)9-12/h10-12H,4-9H2,1-3H3,(H2,16,17,18,19). The fourth-order valence-corrected chi connectivity index (χ4v) is 2.52. The minimum atomic E-state index is 0.325. The summed E-state index contributed by atoms with van der Waals surface area (Å²) in [6.07, 6.45) is 4.37. The van der Waals surface area contributed by atoms with Crippen molar-refractivity contribution < 1.29 is 4.74 Å². The maximum Gasteiger partial charge on any atom is 0.133 e. The molecular formula is C15H26N4O. The van der Waals surface area contributed by atoms with Gasteiger partial charge < -0.3 is 15.4 Å². The Kier molecular flexibility index (Phi) is 5.59. The van der Waals surface area contributed by atoms with Crippen LogP contribution in [0, 0.1) is 0 Å². The van der Waals surface area contributed by atoms with Gasteiger partial charge >= 0.3 is 0 Å². The number of nitrogens with one attached hydrogen (secondary N) is 2. The van der Waals surface area contributed by atoms with E-state index in [0.29, 0.717) is 12.1 Å². The lowest BCUT2D eigenvalue weighted by molar-refractivity contribution is 0.0232. The number of anilines is 2. The summed E-state index contributed by atoms with van der Waals surface area (Å²) in [5, 5.41) is 6.81. The molecule has 0 radical (unpaired) electrons. The van der Waals surface area contributed by atoms with Gasteiger partial charge in [-0.3, -0.25) is 0 Å². The van der Waals surface area contributed by atoms with Crippen LogP contribution in [0.25, 0.3) is 0 Å². The molecule has 20 heavy (non-hydrogen) atoms. The van der Waals surface area contributed by atoms with Gasteiger partial charge in [-0.15, -0.1) is 0 Å². The zero-order valence-electron chi connectivity index (χ0n) is 12.8. The van der Waals surface area contributed by atoms with E-state index in [1.54, 1.807) is 0 Å². The molecule has 1 aliphatic rings. The van der Waals surface area contributed by atoms with Crippen LogP contribution in [0.1, 0.15) is 45.9 Å². The van der Waals surface area contributed by atoms with E-state index in [-0.39, 0.29) is 0 Å². The largest absolute Gasteiger partial charge is 0.378 e. The molecule has 2 heterocycles. The van der Waals surface area contributed by atoms with Crippen molar-refractivity contribution in [3.63, 3.8) is 0 Å². The molecule has 112 valence electrons. The quantitative estimate of drug-likeness (QED) is 0.838. The summed E-state index contributed by atoms with van der Waals surface area (Å²) in [5.74, 6) is 2.75. The van der Waals surface area contributed by atoms with Crippen LogP contribution in [-0.4, -0.2) is 35.3 Å². The fourth-order valence-electron chi connectivity index (χ4n) is 2.52. The van der Waals surface area contributed by atoms with Gasteiger partial charge in [-0.2, -0.15) is 0 Å². The summed E-state index contributed by atoms with van der Waals surface area (Å²) in [6, 6.07) is 2.44. The molecule has 0 bridgehead atoms. The topological polar surface area (TPSA) is 59.1 Å². The molecule has 2 atom stereocenters. The predicted molar refractivity (Wildman–Crippen MR) is 82.2 cm³/mol. The number of aromatic nitrogens is 2. The lowest BCUT2D eigenvalue weighted by Crippen LogP contribution is -2.32. The normalized spacial score (nSPS) is 22.6. The Morgan fingerprint density at radius 3 is 2.80 bits per heavy atom. The SMILES string of the molecule is CCCc1nc(NCC)cc(NC2CCOC(C)C2)n1. The molecule has 0 aliphatic carbocycles. The van der Waals surface area contributed by atoms with Crippen molar-refractivity contribution in [1.82, 2.24) is 9.97 Å². The number of hydrogen-bond acceptors (Lipinski definition) is 5. The summed E-state index contributed by atoms with van der Waals surface area (Å²) in [4.78, 5) is 9.16. The molecule has 0 saturated carbocycles. The molecule has 0 amide bonds. The zero-order valence-corrected chi connectivity index (χ0v) is 12.8. The van der Waals surface area contributed by atoms with E-state index >= 15 is 0 Å². The summed E-state index contributed by atoms with van der Waals surface area (Å²) in [5.41, 5.74) is 0. The van der Waals surface area contributed by atoms with Crippen molar-refractivity contribution in [3.8, 4) is 0 Å². The second-order valence-corrected chi connectivity index (χ2v) is 5.38. The molecular weight excluding hydrogens is 252 g/mol. The second kappa shape index (κ2) is 7.43. The minimum Gasteiger partial charge on any atom is -0.378 e. The van der Waals surface area contributed by atoms with Gasteiger partial charge in [-0.1, -0.05) is 6.92 Å². The van der Waals surface area contributed by atoms with Crippen LogP contribution in [0.5, 0.6) is 0 Å². The molecule has 1 aromatic heterocycles. The Bertz CT molecular complexity index is 400. The van der Waals surface area contributed by atoms with Gasteiger partial charge in [0, 0.05) is 31.7 Å². The van der Waals surface area contributed by atoms with Crippen molar-refractivity contribution >= 4 is 11.6 Å². The van der Waals surface area contributed by atoms with E-state index in [9.17, 15) is 0 Å². The van der Waals surface area contributed by atoms with Gasteiger partial charge in [0.2, 0.25) is 0 Å². The highest BCUT2D eigenvalue weighted by Crippen LogP contribution is 2.19. The number of rotatable bonds is 6. The predicted octanol–water partition coefficient (Wildman–Crippen LogP) is 2.84. The van der Waals surface area contributed by atoms with Crippen LogP contribution in [0.4, 0.5) is 11.6 Å². The monoisotopic (exact) mass is 278 g/mol. The summed E-state index contributed by atoms with van der Waals surface area (Å²) in [6.45, 7) is 8.05. The third-order valence-corrected chi connectivity index (χ3v) is 3.44. The molecule has 2 N–H and O–H groups in total. The molecule has 1 saturated heterocycles. The van der Waals surface area contributed by atoms with Crippen LogP contribution in [0.15, 0.2) is 6.07 Å². The van der Waals surface area contributed by atoms with E-state index in [1.807, 2.05) is 6.07 Å². The van der Waals surface area contributed by atoms with E-state index < -0.39 is 0 Å². The summed E-state index contributed by atoms with van der Waals surface area (Å²) in [7, 11) is 0. The van der Waals surface area contributed by atoms with Crippen molar-refractivity contribution in [2.75, 3.05) is 23.8 Å². The van der Waals surface area contributed by atoms with Crippen LogP contribution < -0.4 is 10.6 Å². The molecule has 5 heteroatoms. The smallest absolute Gasteiger partial charge is 0.133 e. The van der Waals surface area contributed by atoms with Crippen molar-refractivity contribution in [2.24, 2.45) is 0 Å². The first kappa shape index (κ1) is 15.0. The lowest BCUT2D eigenvalue weighted by atomic mass is 10.0. The highest BCUT2D eigenvalue weighted by atomic mass is 16.5. The lowest BCUT2D eigenvalue weighted by Gasteiger charge is -2.28. The molecule has 5 nitrogen and oxygen atoms in total. The number of ether oxygens (including phenoxy) is 1. The highest BCUT2D eigenvalue weighted by Gasteiger charge is 2.19. The maximum absolute atomic E-state index is 5.59. The van der Waals surface area contributed by atoms with E-state index in [4.69, 9.17) is 4.74 Å². The van der Waals surface area contributed by atoms with Gasteiger partial charge in [0.1, 0.15) is 17.5 Å². The van der Waals surface area contributed by atoms with E-state index in [0.717, 1.165) is 56.3 Å². The Morgan fingerprint density at radius 2 is 2.10 bits per heavy atom. The average molecular weight is 278 g/mol.